The van der Waals surface area contributed by atoms with Gasteiger partial charge in [0.1, 0.15) is 0 Å². The molecule has 1 heterocycles. The molecule has 2 N–H and O–H groups in total. The molecule has 1 aromatic heterocycles. The van der Waals surface area contributed by atoms with Gasteiger partial charge in [-0.15, -0.1) is 0 Å². The van der Waals surface area contributed by atoms with E-state index < -0.39 is 0 Å². The van der Waals surface area contributed by atoms with E-state index >= 15 is 0 Å². The number of nitrogens with zero attached hydrogens (tertiary/aromatic N) is 2. The minimum absolute atomic E-state index is 0.111. The lowest BCUT2D eigenvalue weighted by Gasteiger charge is -2.04. The molecule has 0 radical (unpaired) electrons. The normalized spacial score (nSPS) is 12.3. The molecule has 0 aliphatic heterocycles. The zero-order valence-electron chi connectivity index (χ0n) is 10.9. The lowest BCUT2D eigenvalue weighted by molar-refractivity contribution is -0.121. The molecule has 2 rings (SSSR count). The van der Waals surface area contributed by atoms with Crippen molar-refractivity contribution < 1.29 is 9.32 Å². The average molecular weight is 259 g/mol. The number of carbonyl (C=O) groups excluding carboxylic acids is 1. The van der Waals surface area contributed by atoms with Gasteiger partial charge in [-0.1, -0.05) is 30.3 Å². The molecule has 0 fully saturated rings. The van der Waals surface area contributed by atoms with Crippen molar-refractivity contribution in [1.82, 2.24) is 10.1 Å². The van der Waals surface area contributed by atoms with Crippen LogP contribution in [0.2, 0.25) is 0 Å². The summed E-state index contributed by atoms with van der Waals surface area (Å²) in [7, 11) is 0. The molecule has 0 saturated carbocycles. The number of primary amides is 1. The maximum absolute atomic E-state index is 10.9. The van der Waals surface area contributed by atoms with E-state index in [-0.39, 0.29) is 11.8 Å². The van der Waals surface area contributed by atoms with Gasteiger partial charge in [0.2, 0.25) is 5.91 Å². The number of rotatable bonds is 6. The molecule has 0 saturated heterocycles. The Hall–Kier alpha value is -2.17. The average Bonchev–Trinajstić information content (AvgIpc) is 2.88. The maximum Gasteiger partial charge on any atom is 0.257 e. The minimum Gasteiger partial charge on any atom is -0.369 e. The van der Waals surface area contributed by atoms with Crippen LogP contribution in [0.3, 0.4) is 0 Å². The molecule has 0 aliphatic rings. The van der Waals surface area contributed by atoms with E-state index in [4.69, 9.17) is 10.3 Å². The van der Waals surface area contributed by atoms with Gasteiger partial charge in [0.05, 0.1) is 0 Å². The van der Waals surface area contributed by atoms with Crippen LogP contribution in [0.4, 0.5) is 0 Å². The second-order valence-electron chi connectivity index (χ2n) is 4.58. The van der Waals surface area contributed by atoms with Gasteiger partial charge in [0.15, 0.2) is 5.82 Å². The van der Waals surface area contributed by atoms with E-state index in [0.29, 0.717) is 18.1 Å². The highest BCUT2D eigenvalue weighted by atomic mass is 16.5. The number of nitrogens with two attached hydrogens (primary N) is 1. The maximum atomic E-state index is 10.9. The fourth-order valence-electron chi connectivity index (χ4n) is 1.76. The zero-order valence-corrected chi connectivity index (χ0v) is 10.9. The largest absolute Gasteiger partial charge is 0.369 e. The Kier molecular flexibility index (Phi) is 4.28. The highest BCUT2D eigenvalue weighted by molar-refractivity contribution is 5.76. The summed E-state index contributed by atoms with van der Waals surface area (Å²) >= 11 is 0. The van der Waals surface area contributed by atoms with E-state index in [9.17, 15) is 4.79 Å². The van der Waals surface area contributed by atoms with Crippen LogP contribution in [0.15, 0.2) is 34.9 Å². The SMILES string of the molecule is C[C@@H](CCCc1noc(-c2ccccc2)n1)C(N)=O. The van der Waals surface area contributed by atoms with Crippen LogP contribution in [0.25, 0.3) is 11.5 Å². The van der Waals surface area contributed by atoms with Crippen LogP contribution in [0.1, 0.15) is 25.6 Å². The Morgan fingerprint density at radius 2 is 2.11 bits per heavy atom. The van der Waals surface area contributed by atoms with Crippen molar-refractivity contribution in [2.24, 2.45) is 11.7 Å². The number of benzene rings is 1. The van der Waals surface area contributed by atoms with E-state index in [1.54, 1.807) is 0 Å². The molecular formula is C14H17N3O2. The minimum atomic E-state index is -0.266. The zero-order chi connectivity index (χ0) is 13.7. The van der Waals surface area contributed by atoms with E-state index in [0.717, 1.165) is 18.4 Å². The van der Waals surface area contributed by atoms with Gasteiger partial charge < -0.3 is 10.3 Å². The lowest BCUT2D eigenvalue weighted by atomic mass is 10.0. The van der Waals surface area contributed by atoms with E-state index in [1.165, 1.54) is 0 Å². The van der Waals surface area contributed by atoms with Crippen molar-refractivity contribution in [1.29, 1.82) is 0 Å². The third kappa shape index (κ3) is 3.64. The van der Waals surface area contributed by atoms with Crippen molar-refractivity contribution in [3.05, 3.63) is 36.2 Å². The second-order valence-corrected chi connectivity index (χ2v) is 4.58. The molecular weight excluding hydrogens is 242 g/mol. The van der Waals surface area contributed by atoms with Gasteiger partial charge in [0, 0.05) is 17.9 Å². The predicted molar refractivity (Wildman–Crippen MR) is 71.0 cm³/mol. The summed E-state index contributed by atoms with van der Waals surface area (Å²) < 4.78 is 5.20. The number of hydrogen-bond acceptors (Lipinski definition) is 4. The van der Waals surface area contributed by atoms with Gasteiger partial charge in [-0.05, 0) is 25.0 Å². The fraction of sp³-hybridized carbons (Fsp3) is 0.357. The molecule has 1 atom stereocenters. The molecule has 1 aromatic carbocycles. The Balaban J connectivity index is 1.90. The van der Waals surface area contributed by atoms with E-state index in [2.05, 4.69) is 10.1 Å². The Morgan fingerprint density at radius 1 is 1.37 bits per heavy atom. The number of hydrogen-bond donors (Lipinski definition) is 1. The first-order valence-electron chi connectivity index (χ1n) is 6.34. The van der Waals surface area contributed by atoms with Crippen LogP contribution in [-0.4, -0.2) is 16.0 Å². The van der Waals surface area contributed by atoms with Crippen molar-refractivity contribution in [3.63, 3.8) is 0 Å². The molecule has 0 bridgehead atoms. The molecule has 100 valence electrons. The molecule has 1 amide bonds. The van der Waals surface area contributed by atoms with Crippen molar-refractivity contribution in [2.75, 3.05) is 0 Å². The van der Waals surface area contributed by atoms with Crippen molar-refractivity contribution in [3.8, 4) is 11.5 Å². The van der Waals surface area contributed by atoms with Gasteiger partial charge in [-0.2, -0.15) is 4.98 Å². The molecule has 0 spiro atoms. The molecule has 5 nitrogen and oxygen atoms in total. The third-order valence-corrected chi connectivity index (χ3v) is 3.01. The molecule has 0 unspecified atom stereocenters. The summed E-state index contributed by atoms with van der Waals surface area (Å²) in [6.07, 6.45) is 2.25. The molecule has 19 heavy (non-hydrogen) atoms. The topological polar surface area (TPSA) is 82.0 Å². The first kappa shape index (κ1) is 13.3. The first-order chi connectivity index (χ1) is 9.16. The summed E-state index contributed by atoms with van der Waals surface area (Å²) in [5.41, 5.74) is 6.12. The second kappa shape index (κ2) is 6.13. The first-order valence-corrected chi connectivity index (χ1v) is 6.34. The summed E-state index contributed by atoms with van der Waals surface area (Å²) in [4.78, 5) is 15.2. The predicted octanol–water partition coefficient (Wildman–Crippen LogP) is 2.18. The van der Waals surface area contributed by atoms with Crippen molar-refractivity contribution in [2.45, 2.75) is 26.2 Å². The lowest BCUT2D eigenvalue weighted by Crippen LogP contribution is -2.20. The number of aromatic nitrogens is 2. The standard InChI is InChI=1S/C14H17N3O2/c1-10(13(15)18)6-5-9-12-16-14(19-17-12)11-7-3-2-4-8-11/h2-4,7-8,10H,5-6,9H2,1H3,(H2,15,18)/t10-/m0/s1. The third-order valence-electron chi connectivity index (χ3n) is 3.01. The summed E-state index contributed by atoms with van der Waals surface area (Å²) in [6, 6.07) is 9.63. The van der Waals surface area contributed by atoms with E-state index in [1.807, 2.05) is 37.3 Å². The fourth-order valence-corrected chi connectivity index (χ4v) is 1.76. The van der Waals surface area contributed by atoms with Crippen molar-refractivity contribution >= 4 is 5.91 Å². The smallest absolute Gasteiger partial charge is 0.257 e. The van der Waals surface area contributed by atoms with Gasteiger partial charge in [-0.3, -0.25) is 4.79 Å². The van der Waals surface area contributed by atoms with Gasteiger partial charge in [-0.25, -0.2) is 0 Å². The van der Waals surface area contributed by atoms with Gasteiger partial charge in [0.25, 0.3) is 5.89 Å². The summed E-state index contributed by atoms with van der Waals surface area (Å²) in [6.45, 7) is 1.83. The Morgan fingerprint density at radius 3 is 2.79 bits per heavy atom. The quantitative estimate of drug-likeness (QED) is 0.862. The van der Waals surface area contributed by atoms with Crippen LogP contribution >= 0.6 is 0 Å². The highest BCUT2D eigenvalue weighted by Crippen LogP contribution is 2.17. The summed E-state index contributed by atoms with van der Waals surface area (Å²) in [5.74, 6) is 0.813. The molecule has 2 aromatic rings. The van der Waals surface area contributed by atoms with Crippen LogP contribution in [0, 0.1) is 5.92 Å². The van der Waals surface area contributed by atoms with Crippen LogP contribution in [0.5, 0.6) is 0 Å². The molecule has 0 aliphatic carbocycles. The monoisotopic (exact) mass is 259 g/mol. The molecule has 5 heteroatoms. The van der Waals surface area contributed by atoms with Gasteiger partial charge >= 0.3 is 0 Å². The number of aryl methyl sites for hydroxylation is 1. The van der Waals surface area contributed by atoms with Crippen LogP contribution in [-0.2, 0) is 11.2 Å². The number of carbonyl (C=O) groups is 1. The Labute approximate surface area is 111 Å². The Bertz CT molecular complexity index is 537. The summed E-state index contributed by atoms with van der Waals surface area (Å²) in [5, 5.41) is 3.93. The number of amides is 1. The highest BCUT2D eigenvalue weighted by Gasteiger charge is 2.11. The van der Waals surface area contributed by atoms with Crippen LogP contribution < -0.4 is 5.73 Å².